The Balaban J connectivity index is 1.82. The van der Waals surface area contributed by atoms with Crippen LogP contribution in [-0.2, 0) is 20.9 Å². The van der Waals surface area contributed by atoms with E-state index in [0.29, 0.717) is 18.5 Å². The van der Waals surface area contributed by atoms with Crippen molar-refractivity contribution in [3.8, 4) is 0 Å². The van der Waals surface area contributed by atoms with Crippen LogP contribution in [0.1, 0.15) is 18.5 Å². The molecule has 2 atom stereocenters. The standard InChI is InChI=1S/C10H12N2O5S/c13-8(6-1-2-7(17-6)9(14)15)11-3-5-4-18-10(16)12-5/h4,6-7H,1-3H2,(H,11,13)(H,12,16)(H,14,15)/t6-,7+/m0/s1. The van der Waals surface area contributed by atoms with Crippen LogP contribution in [0.5, 0.6) is 0 Å². The van der Waals surface area contributed by atoms with Crippen molar-refractivity contribution in [3.05, 3.63) is 20.7 Å². The number of hydrogen-bond donors (Lipinski definition) is 3. The first-order valence-electron chi connectivity index (χ1n) is 5.39. The topological polar surface area (TPSA) is 108 Å². The highest BCUT2D eigenvalue weighted by atomic mass is 32.1. The molecule has 1 amide bonds. The van der Waals surface area contributed by atoms with E-state index in [4.69, 9.17) is 9.84 Å². The summed E-state index contributed by atoms with van der Waals surface area (Å²) in [6.07, 6.45) is -0.899. The summed E-state index contributed by atoms with van der Waals surface area (Å²) in [6, 6.07) is 0. The van der Waals surface area contributed by atoms with E-state index in [1.165, 1.54) is 0 Å². The first-order valence-corrected chi connectivity index (χ1v) is 6.27. The molecule has 1 aliphatic rings. The summed E-state index contributed by atoms with van der Waals surface area (Å²) in [5, 5.41) is 12.9. The zero-order valence-corrected chi connectivity index (χ0v) is 10.2. The van der Waals surface area contributed by atoms with Gasteiger partial charge >= 0.3 is 10.8 Å². The number of thiazole rings is 1. The largest absolute Gasteiger partial charge is 0.479 e. The smallest absolute Gasteiger partial charge is 0.332 e. The molecule has 0 radical (unpaired) electrons. The Morgan fingerprint density at radius 2 is 2.22 bits per heavy atom. The second-order valence-corrected chi connectivity index (χ2v) is 4.76. The highest BCUT2D eigenvalue weighted by molar-refractivity contribution is 7.07. The number of carbonyl (C=O) groups excluding carboxylic acids is 1. The van der Waals surface area contributed by atoms with Crippen molar-refractivity contribution >= 4 is 23.2 Å². The minimum absolute atomic E-state index is 0.178. The predicted molar refractivity (Wildman–Crippen MR) is 62.3 cm³/mol. The van der Waals surface area contributed by atoms with Gasteiger partial charge in [-0.15, -0.1) is 0 Å². The van der Waals surface area contributed by atoms with Gasteiger partial charge in [-0.1, -0.05) is 11.3 Å². The molecule has 1 saturated heterocycles. The van der Waals surface area contributed by atoms with Crippen LogP contribution in [0, 0.1) is 0 Å². The van der Waals surface area contributed by atoms with Crippen LogP contribution in [0.15, 0.2) is 10.2 Å². The zero-order valence-electron chi connectivity index (χ0n) is 9.34. The van der Waals surface area contributed by atoms with Gasteiger partial charge in [0.15, 0.2) is 6.10 Å². The molecule has 2 heterocycles. The molecule has 98 valence electrons. The Morgan fingerprint density at radius 3 is 2.78 bits per heavy atom. The van der Waals surface area contributed by atoms with E-state index < -0.39 is 18.2 Å². The van der Waals surface area contributed by atoms with E-state index in [-0.39, 0.29) is 17.3 Å². The quantitative estimate of drug-likeness (QED) is 0.696. The van der Waals surface area contributed by atoms with Gasteiger partial charge in [0.2, 0.25) is 5.91 Å². The number of aromatic amines is 1. The molecule has 0 spiro atoms. The Labute approximate surface area is 106 Å². The first-order chi connectivity index (χ1) is 8.56. The molecule has 8 heteroatoms. The molecular weight excluding hydrogens is 260 g/mol. The maximum atomic E-state index is 11.7. The van der Waals surface area contributed by atoms with Crippen molar-refractivity contribution in [2.75, 3.05) is 0 Å². The fraction of sp³-hybridized carbons (Fsp3) is 0.500. The van der Waals surface area contributed by atoms with Gasteiger partial charge in [-0.05, 0) is 12.8 Å². The lowest BCUT2D eigenvalue weighted by Gasteiger charge is -2.10. The molecule has 1 aliphatic heterocycles. The lowest BCUT2D eigenvalue weighted by molar-refractivity contribution is -0.151. The zero-order chi connectivity index (χ0) is 13.1. The number of carboxylic acid groups (broad SMARTS) is 1. The fourth-order valence-electron chi connectivity index (χ4n) is 1.71. The molecule has 7 nitrogen and oxygen atoms in total. The number of aliphatic carboxylic acids is 1. The maximum Gasteiger partial charge on any atom is 0.332 e. The Bertz CT molecular complexity index is 508. The third-order valence-electron chi connectivity index (χ3n) is 2.61. The molecule has 3 N–H and O–H groups in total. The van der Waals surface area contributed by atoms with Crippen LogP contribution >= 0.6 is 11.3 Å². The lowest BCUT2D eigenvalue weighted by Crippen LogP contribution is -2.35. The fourth-order valence-corrected chi connectivity index (χ4v) is 2.29. The second kappa shape index (κ2) is 5.32. The molecule has 1 fully saturated rings. The third kappa shape index (κ3) is 2.96. The number of amides is 1. The number of carboxylic acids is 1. The van der Waals surface area contributed by atoms with Crippen molar-refractivity contribution in [2.24, 2.45) is 0 Å². The molecule has 1 aromatic heterocycles. The molecule has 0 unspecified atom stereocenters. The number of nitrogens with one attached hydrogen (secondary N) is 2. The molecule has 0 bridgehead atoms. The normalized spacial score (nSPS) is 22.9. The van der Waals surface area contributed by atoms with Gasteiger partial charge < -0.3 is 20.1 Å². The third-order valence-corrected chi connectivity index (χ3v) is 3.33. The summed E-state index contributed by atoms with van der Waals surface area (Å²) in [4.78, 5) is 35.6. The number of ether oxygens (including phenoxy) is 1. The molecule has 1 aromatic rings. The SMILES string of the molecule is O=C(NCc1csc(=O)[nH]1)[C@@H]1CC[C@H](C(=O)O)O1. The molecule has 2 rings (SSSR count). The Hall–Kier alpha value is -1.67. The molecule has 18 heavy (non-hydrogen) atoms. The number of hydrogen-bond acceptors (Lipinski definition) is 5. The van der Waals surface area contributed by atoms with Crippen LogP contribution in [0.2, 0.25) is 0 Å². The maximum absolute atomic E-state index is 11.7. The van der Waals surface area contributed by atoms with Crippen LogP contribution in [-0.4, -0.2) is 34.2 Å². The van der Waals surface area contributed by atoms with Crippen LogP contribution in [0.25, 0.3) is 0 Å². The van der Waals surface area contributed by atoms with E-state index in [0.717, 1.165) is 11.3 Å². The van der Waals surface area contributed by atoms with Gasteiger partial charge in [0, 0.05) is 11.1 Å². The molecule has 0 aliphatic carbocycles. The van der Waals surface area contributed by atoms with Gasteiger partial charge in [-0.25, -0.2) is 4.79 Å². The summed E-state index contributed by atoms with van der Waals surface area (Å²) in [7, 11) is 0. The van der Waals surface area contributed by atoms with E-state index in [1.807, 2.05) is 0 Å². The van der Waals surface area contributed by atoms with Gasteiger partial charge in [-0.3, -0.25) is 9.59 Å². The number of aromatic nitrogens is 1. The van der Waals surface area contributed by atoms with Crippen LogP contribution in [0.3, 0.4) is 0 Å². The molecular formula is C10H12N2O5S. The van der Waals surface area contributed by atoms with Crippen molar-refractivity contribution in [1.29, 1.82) is 0 Å². The Morgan fingerprint density at radius 1 is 1.50 bits per heavy atom. The minimum Gasteiger partial charge on any atom is -0.479 e. The van der Waals surface area contributed by atoms with E-state index in [2.05, 4.69) is 10.3 Å². The highest BCUT2D eigenvalue weighted by Crippen LogP contribution is 2.19. The number of carbonyl (C=O) groups is 2. The number of rotatable bonds is 4. The van der Waals surface area contributed by atoms with E-state index in [1.54, 1.807) is 5.38 Å². The van der Waals surface area contributed by atoms with Gasteiger partial charge in [0.25, 0.3) is 0 Å². The molecule has 0 aromatic carbocycles. The minimum atomic E-state index is -1.05. The van der Waals surface area contributed by atoms with Gasteiger partial charge in [0.1, 0.15) is 6.10 Å². The predicted octanol–water partition coefficient (Wildman–Crippen LogP) is -0.315. The van der Waals surface area contributed by atoms with E-state index >= 15 is 0 Å². The van der Waals surface area contributed by atoms with E-state index in [9.17, 15) is 14.4 Å². The Kier molecular flexibility index (Phi) is 3.78. The summed E-state index contributed by atoms with van der Waals surface area (Å²) >= 11 is 1.02. The van der Waals surface area contributed by atoms with Crippen LogP contribution in [0.4, 0.5) is 0 Å². The summed E-state index contributed by atoms with van der Waals surface area (Å²) in [6.45, 7) is 0.204. The summed E-state index contributed by atoms with van der Waals surface area (Å²) < 4.78 is 5.10. The monoisotopic (exact) mass is 272 g/mol. The summed E-state index contributed by atoms with van der Waals surface area (Å²) in [5.74, 6) is -1.40. The average Bonchev–Trinajstić information content (AvgIpc) is 2.94. The first kappa shape index (κ1) is 12.8. The van der Waals surface area contributed by atoms with Crippen molar-refractivity contribution < 1.29 is 19.4 Å². The van der Waals surface area contributed by atoms with Crippen molar-refractivity contribution in [2.45, 2.75) is 31.6 Å². The van der Waals surface area contributed by atoms with Gasteiger partial charge in [-0.2, -0.15) is 0 Å². The second-order valence-electron chi connectivity index (χ2n) is 3.92. The highest BCUT2D eigenvalue weighted by Gasteiger charge is 2.34. The number of H-pyrrole nitrogens is 1. The average molecular weight is 272 g/mol. The summed E-state index contributed by atoms with van der Waals surface area (Å²) in [5.41, 5.74) is 0.617. The van der Waals surface area contributed by atoms with Crippen LogP contribution < -0.4 is 10.2 Å². The van der Waals surface area contributed by atoms with Crippen molar-refractivity contribution in [1.82, 2.24) is 10.3 Å². The van der Waals surface area contributed by atoms with Gasteiger partial charge in [0.05, 0.1) is 6.54 Å². The van der Waals surface area contributed by atoms with Crippen molar-refractivity contribution in [3.63, 3.8) is 0 Å². The molecule has 0 saturated carbocycles. The lowest BCUT2D eigenvalue weighted by atomic mass is 10.2.